The fourth-order valence-electron chi connectivity index (χ4n) is 4.78. The zero-order valence-electron chi connectivity index (χ0n) is 25.3. The highest BCUT2D eigenvalue weighted by atomic mass is 35.5. The molecule has 1 atom stereocenters. The maximum atomic E-state index is 14.5. The fraction of sp³-hybridized carbons (Fsp3) is 0.235. The molecular weight excluding hydrogens is 652 g/mol. The van der Waals surface area contributed by atoms with Crippen LogP contribution in [0, 0.1) is 5.82 Å². The van der Waals surface area contributed by atoms with Crippen molar-refractivity contribution in [1.82, 2.24) is 10.2 Å². The van der Waals surface area contributed by atoms with Crippen LogP contribution in [-0.4, -0.2) is 51.4 Å². The summed E-state index contributed by atoms with van der Waals surface area (Å²) >= 11 is 13.1. The van der Waals surface area contributed by atoms with Crippen molar-refractivity contribution in [3.8, 4) is 5.75 Å². The number of benzene rings is 4. The molecule has 0 saturated carbocycles. The first-order valence-electron chi connectivity index (χ1n) is 14.5. The molecule has 0 aromatic heterocycles. The molecule has 12 heteroatoms. The zero-order valence-corrected chi connectivity index (χ0v) is 27.7. The Labute approximate surface area is 278 Å². The van der Waals surface area contributed by atoms with Gasteiger partial charge >= 0.3 is 0 Å². The number of halogens is 3. The van der Waals surface area contributed by atoms with E-state index in [9.17, 15) is 22.4 Å². The van der Waals surface area contributed by atoms with Crippen molar-refractivity contribution in [2.75, 3.05) is 24.5 Å². The number of carbonyl (C=O) groups is 2. The van der Waals surface area contributed by atoms with E-state index in [2.05, 4.69) is 5.32 Å². The Morgan fingerprint density at radius 1 is 0.891 bits per heavy atom. The number of anilines is 1. The van der Waals surface area contributed by atoms with Crippen LogP contribution in [0.4, 0.5) is 10.1 Å². The minimum atomic E-state index is -4.37. The molecule has 0 aliphatic rings. The molecule has 4 aromatic rings. The number of methoxy groups -OCH3 is 1. The van der Waals surface area contributed by atoms with Crippen molar-refractivity contribution < 1.29 is 27.1 Å². The van der Waals surface area contributed by atoms with Gasteiger partial charge < -0.3 is 15.0 Å². The smallest absolute Gasteiger partial charge is 0.264 e. The van der Waals surface area contributed by atoms with E-state index in [1.54, 1.807) is 18.2 Å². The summed E-state index contributed by atoms with van der Waals surface area (Å²) in [6.45, 7) is 1.37. The third kappa shape index (κ3) is 8.57. The van der Waals surface area contributed by atoms with E-state index in [1.165, 1.54) is 48.4 Å². The van der Waals surface area contributed by atoms with E-state index in [0.717, 1.165) is 22.0 Å². The van der Waals surface area contributed by atoms with Crippen molar-refractivity contribution in [2.45, 2.75) is 37.2 Å². The van der Waals surface area contributed by atoms with Crippen molar-refractivity contribution in [1.29, 1.82) is 0 Å². The average molecular weight is 687 g/mol. The minimum absolute atomic E-state index is 0.0522. The summed E-state index contributed by atoms with van der Waals surface area (Å²) in [5.74, 6) is -1.27. The standard InChI is InChI=1S/C34H34Cl2FN3O5S/c1-3-20-38-34(42)32(21-24-8-5-4-6-9-24)39(22-29-30(35)10-7-11-31(29)36)33(41)23-40(26-14-12-25(37)13-15-26)46(43,44)28-18-16-27(45-2)17-19-28/h4-19,32H,3,20-23H2,1-2H3,(H,38,42). The number of ether oxygens (including phenoxy) is 1. The van der Waals surface area contributed by atoms with Crippen LogP contribution in [0.5, 0.6) is 5.75 Å². The van der Waals surface area contributed by atoms with Gasteiger partial charge in [-0.25, -0.2) is 12.8 Å². The molecule has 4 aromatic carbocycles. The lowest BCUT2D eigenvalue weighted by atomic mass is 10.0. The summed E-state index contributed by atoms with van der Waals surface area (Å²) in [6.07, 6.45) is 0.790. The number of rotatable bonds is 14. The van der Waals surface area contributed by atoms with E-state index in [-0.39, 0.29) is 33.6 Å². The molecule has 0 fully saturated rings. The molecule has 46 heavy (non-hydrogen) atoms. The summed E-state index contributed by atoms with van der Waals surface area (Å²) in [7, 11) is -2.92. The Balaban J connectivity index is 1.82. The van der Waals surface area contributed by atoms with E-state index >= 15 is 0 Å². The molecule has 242 valence electrons. The van der Waals surface area contributed by atoms with Crippen LogP contribution in [0.1, 0.15) is 24.5 Å². The molecule has 0 radical (unpaired) electrons. The Morgan fingerprint density at radius 2 is 1.52 bits per heavy atom. The van der Waals surface area contributed by atoms with Crippen molar-refractivity contribution in [3.05, 3.63) is 124 Å². The molecule has 0 spiro atoms. The molecule has 0 aliphatic heterocycles. The number of hydrogen-bond acceptors (Lipinski definition) is 5. The SMILES string of the molecule is CCCNC(=O)C(Cc1ccccc1)N(Cc1c(Cl)cccc1Cl)C(=O)CN(c1ccc(F)cc1)S(=O)(=O)c1ccc(OC)cc1. The van der Waals surface area contributed by atoms with Gasteiger partial charge in [-0.15, -0.1) is 0 Å². The number of sulfonamides is 1. The minimum Gasteiger partial charge on any atom is -0.497 e. The van der Waals surface area contributed by atoms with Gasteiger partial charge in [-0.2, -0.15) is 0 Å². The van der Waals surface area contributed by atoms with Crippen molar-refractivity contribution in [3.63, 3.8) is 0 Å². The molecule has 0 bridgehead atoms. The lowest BCUT2D eigenvalue weighted by Gasteiger charge is -2.34. The van der Waals surface area contributed by atoms with Gasteiger partial charge in [0.25, 0.3) is 10.0 Å². The lowest BCUT2D eigenvalue weighted by molar-refractivity contribution is -0.140. The van der Waals surface area contributed by atoms with E-state index in [1.807, 2.05) is 37.3 Å². The Kier molecular flexibility index (Phi) is 12.0. The van der Waals surface area contributed by atoms with Gasteiger partial charge in [-0.05, 0) is 72.6 Å². The van der Waals surface area contributed by atoms with Gasteiger partial charge in [0, 0.05) is 35.1 Å². The molecule has 8 nitrogen and oxygen atoms in total. The molecular formula is C34H34Cl2FN3O5S. The fourth-order valence-corrected chi connectivity index (χ4v) is 6.72. The van der Waals surface area contributed by atoms with Gasteiger partial charge in [-0.1, -0.05) is 66.5 Å². The Morgan fingerprint density at radius 3 is 2.11 bits per heavy atom. The Hall–Kier alpha value is -4.12. The first kappa shape index (κ1) is 34.7. The number of nitrogens with zero attached hydrogens (tertiary/aromatic N) is 2. The first-order chi connectivity index (χ1) is 22.0. The highest BCUT2D eigenvalue weighted by Gasteiger charge is 2.35. The summed E-state index contributed by atoms with van der Waals surface area (Å²) in [6, 6.07) is 23.4. The number of amides is 2. The van der Waals surface area contributed by atoms with E-state index < -0.39 is 40.2 Å². The molecule has 4 rings (SSSR count). The quantitative estimate of drug-likeness (QED) is 0.163. The normalized spacial score (nSPS) is 11.8. The first-order valence-corrected chi connectivity index (χ1v) is 16.7. The topological polar surface area (TPSA) is 96.0 Å². The average Bonchev–Trinajstić information content (AvgIpc) is 3.06. The van der Waals surface area contributed by atoms with Crippen LogP contribution in [0.2, 0.25) is 10.0 Å². The largest absolute Gasteiger partial charge is 0.497 e. The van der Waals surface area contributed by atoms with Crippen molar-refractivity contribution in [2.24, 2.45) is 0 Å². The van der Waals surface area contributed by atoms with Gasteiger partial charge in [0.05, 0.1) is 17.7 Å². The number of carbonyl (C=O) groups excluding carboxylic acids is 2. The molecule has 0 aliphatic carbocycles. The molecule has 1 N–H and O–H groups in total. The van der Waals surface area contributed by atoms with Crippen LogP contribution < -0.4 is 14.4 Å². The zero-order chi connectivity index (χ0) is 33.3. The van der Waals surface area contributed by atoms with Crippen LogP contribution in [0.15, 0.2) is 102 Å². The summed E-state index contributed by atoms with van der Waals surface area (Å²) in [5, 5.41) is 3.43. The molecule has 0 heterocycles. The highest BCUT2D eigenvalue weighted by Crippen LogP contribution is 2.29. The summed E-state index contributed by atoms with van der Waals surface area (Å²) < 4.78 is 48.2. The van der Waals surface area contributed by atoms with Crippen LogP contribution >= 0.6 is 23.2 Å². The van der Waals surface area contributed by atoms with Gasteiger partial charge in [-0.3, -0.25) is 13.9 Å². The third-order valence-electron chi connectivity index (χ3n) is 7.25. The maximum absolute atomic E-state index is 14.5. The monoisotopic (exact) mass is 685 g/mol. The second-order valence-corrected chi connectivity index (χ2v) is 13.1. The van der Waals surface area contributed by atoms with Crippen molar-refractivity contribution >= 4 is 50.7 Å². The maximum Gasteiger partial charge on any atom is 0.264 e. The molecule has 1 unspecified atom stereocenters. The number of hydrogen-bond donors (Lipinski definition) is 1. The summed E-state index contributed by atoms with van der Waals surface area (Å²) in [5.41, 5.74) is 1.23. The second-order valence-electron chi connectivity index (χ2n) is 10.4. The van der Waals surface area contributed by atoms with Gasteiger partial charge in [0.1, 0.15) is 24.2 Å². The van der Waals surface area contributed by atoms with E-state index in [0.29, 0.717) is 24.3 Å². The number of nitrogens with one attached hydrogen (secondary N) is 1. The molecule has 2 amide bonds. The van der Waals surface area contributed by atoms with E-state index in [4.69, 9.17) is 27.9 Å². The van der Waals surface area contributed by atoms with Crippen LogP contribution in [-0.2, 0) is 32.6 Å². The van der Waals surface area contributed by atoms with Gasteiger partial charge in [0.2, 0.25) is 11.8 Å². The van der Waals surface area contributed by atoms with Gasteiger partial charge in [0.15, 0.2) is 0 Å². The second kappa shape index (κ2) is 15.9. The highest BCUT2D eigenvalue weighted by molar-refractivity contribution is 7.92. The predicted octanol–water partition coefficient (Wildman–Crippen LogP) is 6.50. The summed E-state index contributed by atoms with van der Waals surface area (Å²) in [4.78, 5) is 29.4. The third-order valence-corrected chi connectivity index (χ3v) is 9.75. The molecule has 0 saturated heterocycles. The van der Waals surface area contributed by atoms with Crippen LogP contribution in [0.25, 0.3) is 0 Å². The predicted molar refractivity (Wildman–Crippen MR) is 178 cm³/mol. The Bertz CT molecular complexity index is 1720. The van der Waals surface area contributed by atoms with Crippen LogP contribution in [0.3, 0.4) is 0 Å². The lowest BCUT2D eigenvalue weighted by Crippen LogP contribution is -2.53.